The van der Waals surface area contributed by atoms with Gasteiger partial charge in [-0.3, -0.25) is 0 Å². The fraction of sp³-hybridized carbons (Fsp3) is 0. The summed E-state index contributed by atoms with van der Waals surface area (Å²) in [6, 6.07) is 2.82. The van der Waals surface area contributed by atoms with Gasteiger partial charge in [-0.15, -0.1) is 0 Å². The van der Waals surface area contributed by atoms with Crippen molar-refractivity contribution in [2.75, 3.05) is 0 Å². The SMILES string of the molecule is Fc1cccc(F)c1F.N. The lowest BCUT2D eigenvalue weighted by molar-refractivity contribution is 0.447. The molecule has 0 spiro atoms. The first-order chi connectivity index (χ1) is 4.22. The average molecular weight is 149 g/mol. The van der Waals surface area contributed by atoms with Crippen LogP contribution in [0.3, 0.4) is 0 Å². The smallest absolute Gasteiger partial charge is 0.194 e. The van der Waals surface area contributed by atoms with E-state index in [-0.39, 0.29) is 6.15 Å². The van der Waals surface area contributed by atoms with Crippen LogP contribution in [0.15, 0.2) is 18.2 Å². The van der Waals surface area contributed by atoms with Crippen molar-refractivity contribution in [1.29, 1.82) is 0 Å². The lowest BCUT2D eigenvalue weighted by atomic mass is 10.3. The molecule has 56 valence electrons. The molecule has 1 aromatic carbocycles. The third-order valence-corrected chi connectivity index (χ3v) is 0.904. The maximum atomic E-state index is 12.0. The fourth-order valence-corrected chi connectivity index (χ4v) is 0.477. The van der Waals surface area contributed by atoms with E-state index in [1.807, 2.05) is 0 Å². The van der Waals surface area contributed by atoms with E-state index in [4.69, 9.17) is 0 Å². The zero-order valence-corrected chi connectivity index (χ0v) is 5.07. The highest BCUT2D eigenvalue weighted by Crippen LogP contribution is 2.07. The van der Waals surface area contributed by atoms with E-state index in [9.17, 15) is 13.2 Å². The summed E-state index contributed by atoms with van der Waals surface area (Å²) in [7, 11) is 0. The molecular weight excluding hydrogens is 143 g/mol. The first-order valence-corrected chi connectivity index (χ1v) is 2.31. The molecule has 0 fully saturated rings. The molecule has 0 radical (unpaired) electrons. The van der Waals surface area contributed by atoms with E-state index < -0.39 is 17.5 Å². The molecule has 0 aliphatic carbocycles. The van der Waals surface area contributed by atoms with Gasteiger partial charge in [0.05, 0.1) is 0 Å². The molecule has 10 heavy (non-hydrogen) atoms. The number of hydrogen-bond donors (Lipinski definition) is 1. The quantitative estimate of drug-likeness (QED) is 0.564. The van der Waals surface area contributed by atoms with Crippen molar-refractivity contribution >= 4 is 0 Å². The summed E-state index contributed by atoms with van der Waals surface area (Å²) < 4.78 is 35.9. The summed E-state index contributed by atoms with van der Waals surface area (Å²) in [5.74, 6) is -3.73. The second-order valence-corrected chi connectivity index (χ2v) is 1.54. The van der Waals surface area contributed by atoms with Gasteiger partial charge in [0.25, 0.3) is 0 Å². The highest BCUT2D eigenvalue weighted by molar-refractivity contribution is 5.07. The van der Waals surface area contributed by atoms with Crippen molar-refractivity contribution in [2.24, 2.45) is 0 Å². The van der Waals surface area contributed by atoms with E-state index in [0.717, 1.165) is 18.2 Å². The predicted octanol–water partition coefficient (Wildman–Crippen LogP) is 2.27. The summed E-state index contributed by atoms with van der Waals surface area (Å²) in [6.07, 6.45) is 0. The standard InChI is InChI=1S/C6H3F3.H3N/c7-4-2-1-3-5(8)6(4)9;/h1-3H;1H3. The van der Waals surface area contributed by atoms with Gasteiger partial charge in [-0.25, -0.2) is 13.2 Å². The predicted molar refractivity (Wildman–Crippen MR) is 31.3 cm³/mol. The van der Waals surface area contributed by atoms with Crippen molar-refractivity contribution in [1.82, 2.24) is 6.15 Å². The molecule has 3 N–H and O–H groups in total. The minimum absolute atomic E-state index is 0. The Bertz CT molecular complexity index is 204. The Morgan fingerprint density at radius 3 is 1.60 bits per heavy atom. The second-order valence-electron chi connectivity index (χ2n) is 1.54. The van der Waals surface area contributed by atoms with Crippen molar-refractivity contribution in [2.45, 2.75) is 0 Å². The summed E-state index contributed by atoms with van der Waals surface area (Å²) in [4.78, 5) is 0. The largest absolute Gasteiger partial charge is 0.344 e. The van der Waals surface area contributed by atoms with Gasteiger partial charge in [0.1, 0.15) is 0 Å². The van der Waals surface area contributed by atoms with Crippen LogP contribution < -0.4 is 6.15 Å². The average Bonchev–Trinajstić information content (AvgIpc) is 1.83. The van der Waals surface area contributed by atoms with Crippen LogP contribution in [0.2, 0.25) is 0 Å². The third-order valence-electron chi connectivity index (χ3n) is 0.904. The maximum absolute atomic E-state index is 12.0. The van der Waals surface area contributed by atoms with Gasteiger partial charge in [-0.2, -0.15) is 0 Å². The second kappa shape index (κ2) is 3.22. The first kappa shape index (κ1) is 8.97. The van der Waals surface area contributed by atoms with Gasteiger partial charge in [-0.1, -0.05) is 6.07 Å². The minimum Gasteiger partial charge on any atom is -0.344 e. The molecule has 0 saturated carbocycles. The Kier molecular flexibility index (Phi) is 2.89. The molecule has 0 atom stereocenters. The Hall–Kier alpha value is -1.03. The summed E-state index contributed by atoms with van der Waals surface area (Å²) in [5, 5.41) is 0. The highest BCUT2D eigenvalue weighted by atomic mass is 19.2. The molecule has 0 unspecified atom stereocenters. The van der Waals surface area contributed by atoms with E-state index in [1.165, 1.54) is 0 Å². The van der Waals surface area contributed by atoms with Gasteiger partial charge in [0.2, 0.25) is 0 Å². The van der Waals surface area contributed by atoms with Crippen LogP contribution in [0.5, 0.6) is 0 Å². The Balaban J connectivity index is 0.000000810. The van der Waals surface area contributed by atoms with Gasteiger partial charge < -0.3 is 6.15 Å². The topological polar surface area (TPSA) is 35.0 Å². The number of rotatable bonds is 0. The Morgan fingerprint density at radius 1 is 0.900 bits per heavy atom. The molecule has 0 amide bonds. The van der Waals surface area contributed by atoms with Crippen LogP contribution in [0, 0.1) is 17.5 Å². The fourth-order valence-electron chi connectivity index (χ4n) is 0.477. The Morgan fingerprint density at radius 2 is 1.30 bits per heavy atom. The lowest BCUT2D eigenvalue weighted by Gasteiger charge is -1.90. The first-order valence-electron chi connectivity index (χ1n) is 2.31. The number of hydrogen-bond acceptors (Lipinski definition) is 1. The summed E-state index contributed by atoms with van der Waals surface area (Å²) >= 11 is 0. The van der Waals surface area contributed by atoms with Crippen molar-refractivity contribution < 1.29 is 13.2 Å². The molecule has 0 aliphatic rings. The zero-order chi connectivity index (χ0) is 6.85. The van der Waals surface area contributed by atoms with E-state index >= 15 is 0 Å². The normalized spacial score (nSPS) is 8.70. The summed E-state index contributed by atoms with van der Waals surface area (Å²) in [5.41, 5.74) is 0. The van der Waals surface area contributed by atoms with Crippen molar-refractivity contribution in [3.63, 3.8) is 0 Å². The van der Waals surface area contributed by atoms with Crippen LogP contribution in [0.4, 0.5) is 13.2 Å². The monoisotopic (exact) mass is 149 g/mol. The van der Waals surface area contributed by atoms with Crippen LogP contribution in [0.1, 0.15) is 0 Å². The van der Waals surface area contributed by atoms with Crippen LogP contribution in [0.25, 0.3) is 0 Å². The molecule has 0 heterocycles. The van der Waals surface area contributed by atoms with Gasteiger partial charge >= 0.3 is 0 Å². The van der Waals surface area contributed by atoms with Gasteiger partial charge in [0.15, 0.2) is 17.5 Å². The van der Waals surface area contributed by atoms with Crippen LogP contribution in [-0.2, 0) is 0 Å². The molecule has 0 aliphatic heterocycles. The molecule has 1 rings (SSSR count). The van der Waals surface area contributed by atoms with Crippen molar-refractivity contribution in [3.8, 4) is 0 Å². The minimum atomic E-state index is -1.42. The van der Waals surface area contributed by atoms with Crippen molar-refractivity contribution in [3.05, 3.63) is 35.7 Å². The zero-order valence-electron chi connectivity index (χ0n) is 5.07. The molecule has 0 saturated heterocycles. The lowest BCUT2D eigenvalue weighted by Crippen LogP contribution is -1.86. The molecule has 0 bridgehead atoms. The van der Waals surface area contributed by atoms with E-state index in [2.05, 4.69) is 0 Å². The third kappa shape index (κ3) is 1.48. The molecule has 1 aromatic rings. The molecule has 1 nitrogen and oxygen atoms in total. The van der Waals surface area contributed by atoms with Crippen LogP contribution >= 0.6 is 0 Å². The Labute approximate surface area is 56.1 Å². The van der Waals surface area contributed by atoms with E-state index in [0.29, 0.717) is 0 Å². The molecular formula is C6H6F3N. The molecule has 4 heteroatoms. The number of benzene rings is 1. The van der Waals surface area contributed by atoms with Gasteiger partial charge in [-0.05, 0) is 12.1 Å². The molecule has 0 aromatic heterocycles. The highest BCUT2D eigenvalue weighted by Gasteiger charge is 2.04. The van der Waals surface area contributed by atoms with Crippen LogP contribution in [-0.4, -0.2) is 0 Å². The van der Waals surface area contributed by atoms with E-state index in [1.54, 1.807) is 0 Å². The number of halogens is 3. The summed E-state index contributed by atoms with van der Waals surface area (Å²) in [6.45, 7) is 0. The maximum Gasteiger partial charge on any atom is 0.194 e. The van der Waals surface area contributed by atoms with Gasteiger partial charge in [0, 0.05) is 0 Å².